The van der Waals surface area contributed by atoms with Crippen LogP contribution in [-0.2, 0) is 5.75 Å². The van der Waals surface area contributed by atoms with Gasteiger partial charge in [0, 0.05) is 33.2 Å². The van der Waals surface area contributed by atoms with Crippen LogP contribution in [0, 0.1) is 0 Å². The fraction of sp³-hybridized carbons (Fsp3) is 0.333. The summed E-state index contributed by atoms with van der Waals surface area (Å²) in [5.74, 6) is 0.838. The van der Waals surface area contributed by atoms with E-state index in [1.807, 2.05) is 12.1 Å². The summed E-state index contributed by atoms with van der Waals surface area (Å²) in [5, 5.41) is 8.64. The lowest BCUT2D eigenvalue weighted by Gasteiger charge is -2.05. The molecule has 18 heavy (non-hydrogen) atoms. The number of halogens is 1. The fourth-order valence-corrected chi connectivity index (χ4v) is 3.58. The van der Waals surface area contributed by atoms with Gasteiger partial charge in [-0.1, -0.05) is 23.5 Å². The predicted molar refractivity (Wildman–Crippen MR) is 82.4 cm³/mol. The highest BCUT2D eigenvalue weighted by Gasteiger charge is 2.08. The van der Waals surface area contributed by atoms with Gasteiger partial charge in [-0.3, -0.25) is 0 Å². The lowest BCUT2D eigenvalue weighted by atomic mass is 10.4. The molecule has 1 heterocycles. The molecule has 0 atom stereocenters. The first-order valence-corrected chi connectivity index (χ1v) is 8.29. The SMILES string of the molecule is CCCNc1snnc1CSc1ccccc1Br. The summed E-state index contributed by atoms with van der Waals surface area (Å²) in [6.45, 7) is 3.12. The Balaban J connectivity index is 1.98. The standard InChI is InChI=1S/C12H14BrN3S2/c1-2-7-14-12-10(15-16-18-12)8-17-11-6-4-3-5-9(11)13/h3-6,14H,2,7-8H2,1H3. The number of aromatic nitrogens is 2. The number of benzene rings is 1. The summed E-state index contributed by atoms with van der Waals surface area (Å²) in [5.41, 5.74) is 1.04. The normalized spacial score (nSPS) is 10.6. The smallest absolute Gasteiger partial charge is 0.134 e. The number of anilines is 1. The van der Waals surface area contributed by atoms with Crippen LogP contribution in [-0.4, -0.2) is 16.1 Å². The van der Waals surface area contributed by atoms with Gasteiger partial charge in [0.05, 0.1) is 0 Å². The lowest BCUT2D eigenvalue weighted by Crippen LogP contribution is -2.00. The highest BCUT2D eigenvalue weighted by molar-refractivity contribution is 9.10. The van der Waals surface area contributed by atoms with Gasteiger partial charge in [-0.25, -0.2) is 0 Å². The summed E-state index contributed by atoms with van der Waals surface area (Å²) in [6.07, 6.45) is 1.11. The van der Waals surface area contributed by atoms with Crippen LogP contribution in [0.4, 0.5) is 5.00 Å². The Morgan fingerprint density at radius 1 is 1.39 bits per heavy atom. The van der Waals surface area contributed by atoms with Crippen molar-refractivity contribution in [3.63, 3.8) is 0 Å². The molecule has 3 nitrogen and oxygen atoms in total. The Labute approximate surface area is 124 Å². The molecular formula is C12H14BrN3S2. The van der Waals surface area contributed by atoms with E-state index in [0.717, 1.165) is 33.9 Å². The third-order valence-electron chi connectivity index (χ3n) is 2.29. The van der Waals surface area contributed by atoms with E-state index in [9.17, 15) is 0 Å². The van der Waals surface area contributed by atoms with Gasteiger partial charge in [0.1, 0.15) is 10.7 Å². The van der Waals surface area contributed by atoms with E-state index in [0.29, 0.717) is 0 Å². The van der Waals surface area contributed by atoms with Crippen molar-refractivity contribution in [1.29, 1.82) is 0 Å². The fourth-order valence-electron chi connectivity index (χ4n) is 1.38. The molecule has 96 valence electrons. The van der Waals surface area contributed by atoms with E-state index in [1.54, 1.807) is 11.8 Å². The molecule has 0 aliphatic rings. The van der Waals surface area contributed by atoms with Gasteiger partial charge in [-0.2, -0.15) is 0 Å². The molecule has 0 saturated heterocycles. The number of thioether (sulfide) groups is 1. The third-order valence-corrected chi connectivity index (χ3v) is 5.06. The molecule has 0 spiro atoms. The molecule has 1 N–H and O–H groups in total. The molecule has 0 saturated carbocycles. The van der Waals surface area contributed by atoms with Crippen molar-refractivity contribution in [2.24, 2.45) is 0 Å². The molecule has 0 aliphatic heterocycles. The van der Waals surface area contributed by atoms with Gasteiger partial charge < -0.3 is 5.32 Å². The van der Waals surface area contributed by atoms with Crippen molar-refractivity contribution in [2.75, 3.05) is 11.9 Å². The highest BCUT2D eigenvalue weighted by atomic mass is 79.9. The Bertz CT molecular complexity index is 502. The minimum absolute atomic E-state index is 0.838. The van der Waals surface area contributed by atoms with Gasteiger partial charge in [-0.15, -0.1) is 16.9 Å². The number of nitrogens with zero attached hydrogens (tertiary/aromatic N) is 2. The monoisotopic (exact) mass is 343 g/mol. The molecule has 0 radical (unpaired) electrons. The Morgan fingerprint density at radius 3 is 3.00 bits per heavy atom. The number of hydrogen-bond acceptors (Lipinski definition) is 5. The second-order valence-electron chi connectivity index (χ2n) is 3.69. The first-order valence-electron chi connectivity index (χ1n) is 5.73. The zero-order chi connectivity index (χ0) is 12.8. The van der Waals surface area contributed by atoms with Crippen molar-refractivity contribution < 1.29 is 0 Å². The molecule has 0 aliphatic carbocycles. The molecule has 2 aromatic rings. The van der Waals surface area contributed by atoms with E-state index < -0.39 is 0 Å². The summed E-state index contributed by atoms with van der Waals surface area (Å²) in [7, 11) is 0. The maximum Gasteiger partial charge on any atom is 0.134 e. The van der Waals surface area contributed by atoms with E-state index in [-0.39, 0.29) is 0 Å². The maximum absolute atomic E-state index is 4.18. The average Bonchev–Trinajstić information content (AvgIpc) is 2.83. The molecule has 0 unspecified atom stereocenters. The zero-order valence-electron chi connectivity index (χ0n) is 10.0. The van der Waals surface area contributed by atoms with E-state index >= 15 is 0 Å². The molecular weight excluding hydrogens is 330 g/mol. The van der Waals surface area contributed by atoms with Crippen LogP contribution in [0.25, 0.3) is 0 Å². The van der Waals surface area contributed by atoms with Crippen LogP contribution >= 0.6 is 39.2 Å². The van der Waals surface area contributed by atoms with E-state index in [2.05, 4.69) is 49.9 Å². The van der Waals surface area contributed by atoms with Gasteiger partial charge >= 0.3 is 0 Å². The van der Waals surface area contributed by atoms with Crippen molar-refractivity contribution >= 4 is 44.2 Å². The topological polar surface area (TPSA) is 37.8 Å². The van der Waals surface area contributed by atoms with Crippen LogP contribution in [0.2, 0.25) is 0 Å². The maximum atomic E-state index is 4.18. The van der Waals surface area contributed by atoms with Crippen LogP contribution in [0.15, 0.2) is 33.6 Å². The number of nitrogens with one attached hydrogen (secondary N) is 1. The van der Waals surface area contributed by atoms with Crippen molar-refractivity contribution in [3.05, 3.63) is 34.4 Å². The van der Waals surface area contributed by atoms with Crippen LogP contribution < -0.4 is 5.32 Å². The second kappa shape index (κ2) is 7.11. The Morgan fingerprint density at radius 2 is 2.22 bits per heavy atom. The second-order valence-corrected chi connectivity index (χ2v) is 6.32. The molecule has 0 bridgehead atoms. The molecule has 0 fully saturated rings. The van der Waals surface area contributed by atoms with Crippen LogP contribution in [0.1, 0.15) is 19.0 Å². The van der Waals surface area contributed by atoms with E-state index in [1.165, 1.54) is 16.4 Å². The first-order chi connectivity index (χ1) is 8.81. The minimum Gasteiger partial charge on any atom is -0.374 e. The summed E-state index contributed by atoms with van der Waals surface area (Å²) < 4.78 is 5.14. The first kappa shape index (κ1) is 13.8. The van der Waals surface area contributed by atoms with Crippen LogP contribution in [0.5, 0.6) is 0 Å². The lowest BCUT2D eigenvalue weighted by molar-refractivity contribution is 0.976. The molecule has 0 amide bonds. The number of rotatable bonds is 6. The van der Waals surface area contributed by atoms with Gasteiger partial charge in [0.2, 0.25) is 0 Å². The highest BCUT2D eigenvalue weighted by Crippen LogP contribution is 2.31. The van der Waals surface area contributed by atoms with Gasteiger partial charge in [0.15, 0.2) is 0 Å². The zero-order valence-corrected chi connectivity index (χ0v) is 13.2. The Kier molecular flexibility index (Phi) is 5.46. The molecule has 6 heteroatoms. The van der Waals surface area contributed by atoms with Gasteiger partial charge in [-0.05, 0) is 34.5 Å². The molecule has 2 rings (SSSR count). The number of hydrogen-bond donors (Lipinski definition) is 1. The van der Waals surface area contributed by atoms with E-state index in [4.69, 9.17) is 0 Å². The molecule has 1 aromatic carbocycles. The summed E-state index contributed by atoms with van der Waals surface area (Å²) in [6, 6.07) is 8.22. The minimum atomic E-state index is 0.838. The van der Waals surface area contributed by atoms with Crippen molar-refractivity contribution in [3.8, 4) is 0 Å². The summed E-state index contributed by atoms with van der Waals surface area (Å²) in [4.78, 5) is 1.23. The largest absolute Gasteiger partial charge is 0.374 e. The average molecular weight is 344 g/mol. The summed E-state index contributed by atoms with van der Waals surface area (Å²) >= 11 is 6.75. The van der Waals surface area contributed by atoms with Crippen molar-refractivity contribution in [1.82, 2.24) is 9.59 Å². The van der Waals surface area contributed by atoms with Crippen LogP contribution in [0.3, 0.4) is 0 Å². The third kappa shape index (κ3) is 3.70. The van der Waals surface area contributed by atoms with Crippen molar-refractivity contribution in [2.45, 2.75) is 24.0 Å². The predicted octanol–water partition coefficient (Wildman–Crippen LogP) is 4.41. The Hall–Kier alpha value is -0.590. The quantitative estimate of drug-likeness (QED) is 0.788. The van der Waals surface area contributed by atoms with Gasteiger partial charge in [0.25, 0.3) is 0 Å². The molecule has 1 aromatic heterocycles.